The molecule has 33 heavy (non-hydrogen) atoms. The summed E-state index contributed by atoms with van der Waals surface area (Å²) in [4.78, 5) is 11.0. The maximum atomic E-state index is 13.1. The molecular weight excluding hydrogens is 429 g/mol. The standard InChI is InChI=1S/C27H21F3O3/c1-32-23-11-12-24-21(16-23)15-20(13-14-27(28,29)30)25(19-5-3-2-4-6-19)26(24)33-22-9-7-18(17-31)8-10-22/h2-12,15-17H,13-14H2,1H3. The molecule has 0 spiro atoms. The Balaban J connectivity index is 1.96. The highest BCUT2D eigenvalue weighted by atomic mass is 19.4. The summed E-state index contributed by atoms with van der Waals surface area (Å²) in [5, 5.41) is 1.45. The first-order chi connectivity index (χ1) is 15.9. The highest BCUT2D eigenvalue weighted by molar-refractivity contribution is 5.98. The lowest BCUT2D eigenvalue weighted by molar-refractivity contribution is -0.133. The first kappa shape index (κ1) is 22.4. The fourth-order valence-corrected chi connectivity index (χ4v) is 3.77. The lowest BCUT2D eigenvalue weighted by Crippen LogP contribution is -2.09. The van der Waals surface area contributed by atoms with E-state index in [0.29, 0.717) is 39.3 Å². The first-order valence-corrected chi connectivity index (χ1v) is 10.4. The molecule has 0 saturated heterocycles. The van der Waals surface area contributed by atoms with Crippen molar-refractivity contribution in [2.45, 2.75) is 19.0 Å². The average molecular weight is 450 g/mol. The number of ether oxygens (including phenoxy) is 2. The number of fused-ring (bicyclic) bond motifs is 1. The molecule has 0 N–H and O–H groups in total. The highest BCUT2D eigenvalue weighted by Gasteiger charge is 2.28. The van der Waals surface area contributed by atoms with E-state index in [2.05, 4.69) is 0 Å². The summed E-state index contributed by atoms with van der Waals surface area (Å²) in [5.41, 5.74) is 2.39. The van der Waals surface area contributed by atoms with Crippen molar-refractivity contribution in [1.82, 2.24) is 0 Å². The van der Waals surface area contributed by atoms with E-state index in [0.717, 1.165) is 17.2 Å². The van der Waals surface area contributed by atoms with E-state index >= 15 is 0 Å². The second-order valence-electron chi connectivity index (χ2n) is 7.60. The number of halogens is 3. The van der Waals surface area contributed by atoms with Gasteiger partial charge in [-0.2, -0.15) is 13.2 Å². The summed E-state index contributed by atoms with van der Waals surface area (Å²) in [7, 11) is 1.54. The van der Waals surface area contributed by atoms with E-state index in [1.165, 1.54) is 7.11 Å². The summed E-state index contributed by atoms with van der Waals surface area (Å²) in [6.07, 6.45) is -4.70. The number of rotatable bonds is 7. The fourth-order valence-electron chi connectivity index (χ4n) is 3.77. The van der Waals surface area contributed by atoms with Gasteiger partial charge in [-0.25, -0.2) is 0 Å². The molecule has 3 nitrogen and oxygen atoms in total. The van der Waals surface area contributed by atoms with Crippen LogP contribution in [-0.2, 0) is 6.42 Å². The Morgan fingerprint density at radius 3 is 2.21 bits per heavy atom. The predicted molar refractivity (Wildman–Crippen MR) is 122 cm³/mol. The van der Waals surface area contributed by atoms with Crippen molar-refractivity contribution in [1.29, 1.82) is 0 Å². The van der Waals surface area contributed by atoms with Crippen LogP contribution < -0.4 is 9.47 Å². The van der Waals surface area contributed by atoms with Gasteiger partial charge in [-0.15, -0.1) is 0 Å². The van der Waals surface area contributed by atoms with Gasteiger partial charge in [0.05, 0.1) is 7.11 Å². The molecule has 0 bridgehead atoms. The number of aldehydes is 1. The Kier molecular flexibility index (Phi) is 6.36. The molecule has 4 aromatic rings. The molecule has 0 aliphatic carbocycles. The van der Waals surface area contributed by atoms with Crippen LogP contribution >= 0.6 is 0 Å². The van der Waals surface area contributed by atoms with Crippen LogP contribution in [0.1, 0.15) is 22.3 Å². The Morgan fingerprint density at radius 2 is 1.58 bits per heavy atom. The summed E-state index contributed by atoms with van der Waals surface area (Å²) in [6.45, 7) is 0. The third-order valence-corrected chi connectivity index (χ3v) is 5.36. The van der Waals surface area contributed by atoms with Crippen molar-refractivity contribution < 1.29 is 27.4 Å². The quantitative estimate of drug-likeness (QED) is 0.272. The van der Waals surface area contributed by atoms with Crippen LogP contribution in [0.5, 0.6) is 17.2 Å². The molecule has 4 rings (SSSR count). The van der Waals surface area contributed by atoms with Gasteiger partial charge < -0.3 is 9.47 Å². The van der Waals surface area contributed by atoms with E-state index in [1.54, 1.807) is 42.5 Å². The maximum Gasteiger partial charge on any atom is 0.389 e. The van der Waals surface area contributed by atoms with Gasteiger partial charge in [0.25, 0.3) is 0 Å². The predicted octanol–water partition coefficient (Wildman–Crippen LogP) is 7.62. The molecule has 0 aliphatic rings. The van der Waals surface area contributed by atoms with E-state index in [9.17, 15) is 18.0 Å². The Morgan fingerprint density at radius 1 is 0.879 bits per heavy atom. The van der Waals surface area contributed by atoms with E-state index in [1.807, 2.05) is 36.4 Å². The van der Waals surface area contributed by atoms with Crippen LogP contribution in [0.25, 0.3) is 21.9 Å². The van der Waals surface area contributed by atoms with Gasteiger partial charge >= 0.3 is 6.18 Å². The minimum absolute atomic E-state index is 0.193. The van der Waals surface area contributed by atoms with Gasteiger partial charge in [0.1, 0.15) is 23.5 Å². The molecule has 0 aromatic heterocycles. The summed E-state index contributed by atoms with van der Waals surface area (Å²) >= 11 is 0. The zero-order chi connectivity index (χ0) is 23.4. The van der Waals surface area contributed by atoms with Gasteiger partial charge in [0, 0.05) is 22.9 Å². The second kappa shape index (κ2) is 9.36. The van der Waals surface area contributed by atoms with Crippen molar-refractivity contribution in [2.24, 2.45) is 0 Å². The number of hydrogen-bond donors (Lipinski definition) is 0. The lowest BCUT2D eigenvalue weighted by Gasteiger charge is -2.20. The summed E-state index contributed by atoms with van der Waals surface area (Å²) < 4.78 is 51.0. The molecule has 0 unspecified atom stereocenters. The van der Waals surface area contributed by atoms with Crippen LogP contribution in [0, 0.1) is 0 Å². The topological polar surface area (TPSA) is 35.5 Å². The zero-order valence-electron chi connectivity index (χ0n) is 17.9. The van der Waals surface area contributed by atoms with Crippen LogP contribution in [0.2, 0.25) is 0 Å². The van der Waals surface area contributed by atoms with Crippen LogP contribution in [0.3, 0.4) is 0 Å². The average Bonchev–Trinajstić information content (AvgIpc) is 2.82. The Hall–Kier alpha value is -3.80. The van der Waals surface area contributed by atoms with Gasteiger partial charge in [-0.3, -0.25) is 4.79 Å². The SMILES string of the molecule is COc1ccc2c(Oc3ccc(C=O)cc3)c(-c3ccccc3)c(CCC(F)(F)F)cc2c1. The Bertz CT molecular complexity index is 1260. The number of benzene rings is 4. The molecule has 0 atom stereocenters. The van der Waals surface area contributed by atoms with Crippen molar-refractivity contribution in [3.8, 4) is 28.4 Å². The molecule has 0 heterocycles. The van der Waals surface area contributed by atoms with E-state index in [4.69, 9.17) is 9.47 Å². The Labute approximate surface area is 189 Å². The van der Waals surface area contributed by atoms with Crippen LogP contribution in [0.15, 0.2) is 78.9 Å². The number of carbonyl (C=O) groups excluding carboxylic acids is 1. The first-order valence-electron chi connectivity index (χ1n) is 10.4. The highest BCUT2D eigenvalue weighted by Crippen LogP contribution is 2.44. The zero-order valence-corrected chi connectivity index (χ0v) is 17.9. The molecule has 0 aliphatic heterocycles. The lowest BCUT2D eigenvalue weighted by atomic mass is 9.91. The second-order valence-corrected chi connectivity index (χ2v) is 7.60. The van der Waals surface area contributed by atoms with Crippen molar-refractivity contribution in [2.75, 3.05) is 7.11 Å². The third kappa shape index (κ3) is 5.17. The van der Waals surface area contributed by atoms with E-state index in [-0.39, 0.29) is 6.42 Å². The smallest absolute Gasteiger partial charge is 0.389 e. The minimum Gasteiger partial charge on any atom is -0.497 e. The van der Waals surface area contributed by atoms with Crippen molar-refractivity contribution >= 4 is 17.1 Å². The number of hydrogen-bond acceptors (Lipinski definition) is 3. The van der Waals surface area contributed by atoms with Gasteiger partial charge in [-0.05, 0) is 65.4 Å². The molecule has 6 heteroatoms. The molecule has 0 saturated carbocycles. The number of carbonyl (C=O) groups is 1. The molecule has 168 valence electrons. The summed E-state index contributed by atoms with van der Waals surface area (Å²) in [6, 6.07) is 23.0. The molecule has 0 amide bonds. The van der Waals surface area contributed by atoms with Crippen LogP contribution in [0.4, 0.5) is 13.2 Å². The molecular formula is C27H21F3O3. The fraction of sp³-hybridized carbons (Fsp3) is 0.148. The largest absolute Gasteiger partial charge is 0.497 e. The monoisotopic (exact) mass is 450 g/mol. The number of alkyl halides is 3. The normalized spacial score (nSPS) is 11.4. The number of aryl methyl sites for hydroxylation is 1. The maximum absolute atomic E-state index is 13.1. The van der Waals surface area contributed by atoms with E-state index < -0.39 is 12.6 Å². The van der Waals surface area contributed by atoms with Gasteiger partial charge in [0.2, 0.25) is 0 Å². The van der Waals surface area contributed by atoms with Crippen molar-refractivity contribution in [3.05, 3.63) is 90.0 Å². The minimum atomic E-state index is -4.29. The van der Waals surface area contributed by atoms with Gasteiger partial charge in [-0.1, -0.05) is 36.4 Å². The summed E-state index contributed by atoms with van der Waals surface area (Å²) in [5.74, 6) is 1.53. The molecule has 0 radical (unpaired) electrons. The molecule has 0 fully saturated rings. The van der Waals surface area contributed by atoms with Crippen LogP contribution in [-0.4, -0.2) is 19.6 Å². The molecule has 4 aromatic carbocycles. The number of methoxy groups -OCH3 is 1. The van der Waals surface area contributed by atoms with Crippen molar-refractivity contribution in [3.63, 3.8) is 0 Å². The third-order valence-electron chi connectivity index (χ3n) is 5.36. The van der Waals surface area contributed by atoms with Gasteiger partial charge in [0.15, 0.2) is 0 Å².